The maximum Gasteiger partial charge on any atom is 0.273 e. The Hall–Kier alpha value is -4.14. The minimum absolute atomic E-state index is 0.0568. The molecule has 188 valence electrons. The van der Waals surface area contributed by atoms with E-state index in [4.69, 9.17) is 4.74 Å². The third-order valence-electron chi connectivity index (χ3n) is 6.42. The Morgan fingerprint density at radius 1 is 1.03 bits per heavy atom. The molecule has 0 spiro atoms. The van der Waals surface area contributed by atoms with Crippen LogP contribution in [-0.4, -0.2) is 51.4 Å². The predicted molar refractivity (Wildman–Crippen MR) is 134 cm³/mol. The Morgan fingerprint density at radius 3 is 2.36 bits per heavy atom. The SMILES string of the molecule is CCCN1C(=O)c2c(C(=O)NCc3ccc(OC)cc3)ncn2C[C@@]1(C)C(=O)NCc1ccccc1. The van der Waals surface area contributed by atoms with Crippen LogP contribution in [0.1, 0.15) is 52.4 Å². The molecule has 0 saturated carbocycles. The van der Waals surface area contributed by atoms with E-state index in [2.05, 4.69) is 15.6 Å². The Balaban J connectivity index is 1.52. The summed E-state index contributed by atoms with van der Waals surface area (Å²) in [5.41, 5.74) is 0.994. The molecule has 0 radical (unpaired) electrons. The molecule has 3 amide bonds. The Kier molecular flexibility index (Phi) is 7.38. The molecule has 4 rings (SSSR count). The van der Waals surface area contributed by atoms with Gasteiger partial charge in [0.05, 0.1) is 20.0 Å². The molecule has 2 N–H and O–H groups in total. The lowest BCUT2D eigenvalue weighted by Crippen LogP contribution is -2.64. The number of fused-ring (bicyclic) bond motifs is 1. The first-order valence-electron chi connectivity index (χ1n) is 12.0. The first-order valence-corrected chi connectivity index (χ1v) is 12.0. The largest absolute Gasteiger partial charge is 0.497 e. The molecule has 2 heterocycles. The van der Waals surface area contributed by atoms with Crippen LogP contribution >= 0.6 is 0 Å². The first-order chi connectivity index (χ1) is 17.4. The second-order valence-corrected chi connectivity index (χ2v) is 9.00. The van der Waals surface area contributed by atoms with Crippen molar-refractivity contribution < 1.29 is 19.1 Å². The average molecular weight is 490 g/mol. The van der Waals surface area contributed by atoms with Gasteiger partial charge in [-0.15, -0.1) is 0 Å². The summed E-state index contributed by atoms with van der Waals surface area (Å²) >= 11 is 0. The third kappa shape index (κ3) is 4.95. The van der Waals surface area contributed by atoms with Crippen LogP contribution in [0.15, 0.2) is 60.9 Å². The number of aromatic nitrogens is 2. The van der Waals surface area contributed by atoms with Crippen molar-refractivity contribution in [1.29, 1.82) is 0 Å². The van der Waals surface area contributed by atoms with E-state index < -0.39 is 11.4 Å². The van der Waals surface area contributed by atoms with Crippen LogP contribution in [0, 0.1) is 0 Å². The number of carbonyl (C=O) groups excluding carboxylic acids is 3. The van der Waals surface area contributed by atoms with E-state index in [9.17, 15) is 14.4 Å². The van der Waals surface area contributed by atoms with Gasteiger partial charge in [0, 0.05) is 19.6 Å². The molecule has 0 fully saturated rings. The topological polar surface area (TPSA) is 106 Å². The van der Waals surface area contributed by atoms with E-state index >= 15 is 0 Å². The number of ether oxygens (including phenoxy) is 1. The molecular formula is C27H31N5O4. The number of methoxy groups -OCH3 is 1. The van der Waals surface area contributed by atoms with Crippen molar-refractivity contribution in [3.63, 3.8) is 0 Å². The van der Waals surface area contributed by atoms with E-state index in [1.165, 1.54) is 6.33 Å². The van der Waals surface area contributed by atoms with Crippen LogP contribution in [-0.2, 0) is 24.4 Å². The van der Waals surface area contributed by atoms with Gasteiger partial charge in [-0.25, -0.2) is 4.98 Å². The van der Waals surface area contributed by atoms with Gasteiger partial charge < -0.3 is 24.8 Å². The highest BCUT2D eigenvalue weighted by atomic mass is 16.5. The number of imidazole rings is 1. The fourth-order valence-corrected chi connectivity index (χ4v) is 4.41. The predicted octanol–water partition coefficient (Wildman–Crippen LogP) is 2.76. The van der Waals surface area contributed by atoms with E-state index in [1.807, 2.05) is 61.5 Å². The van der Waals surface area contributed by atoms with Crippen LogP contribution < -0.4 is 15.4 Å². The summed E-state index contributed by atoms with van der Waals surface area (Å²) in [6.45, 7) is 4.93. The van der Waals surface area contributed by atoms with Crippen molar-refractivity contribution in [2.75, 3.05) is 13.7 Å². The van der Waals surface area contributed by atoms with Crippen LogP contribution in [0.3, 0.4) is 0 Å². The minimum Gasteiger partial charge on any atom is -0.497 e. The van der Waals surface area contributed by atoms with Gasteiger partial charge in [0.1, 0.15) is 17.0 Å². The maximum atomic E-state index is 13.6. The Morgan fingerprint density at radius 2 is 1.69 bits per heavy atom. The zero-order chi connectivity index (χ0) is 25.7. The fraction of sp³-hybridized carbons (Fsp3) is 0.333. The number of benzene rings is 2. The average Bonchev–Trinajstić information content (AvgIpc) is 3.33. The molecular weight excluding hydrogens is 458 g/mol. The van der Waals surface area contributed by atoms with Crippen LogP contribution in [0.2, 0.25) is 0 Å². The molecule has 1 aliphatic rings. The van der Waals surface area contributed by atoms with E-state index in [-0.39, 0.29) is 36.3 Å². The van der Waals surface area contributed by atoms with Gasteiger partial charge in [0.25, 0.3) is 11.8 Å². The van der Waals surface area contributed by atoms with Crippen molar-refractivity contribution in [3.8, 4) is 5.75 Å². The zero-order valence-electron chi connectivity index (χ0n) is 20.8. The highest BCUT2D eigenvalue weighted by Crippen LogP contribution is 2.29. The summed E-state index contributed by atoms with van der Waals surface area (Å²) in [6, 6.07) is 17.0. The smallest absolute Gasteiger partial charge is 0.273 e. The standard InChI is InChI=1S/C27H31N5O4/c1-4-14-32-25(34)23-22(24(33)28-15-20-10-12-21(36-3)13-11-20)30-18-31(23)17-27(32,2)26(35)29-16-19-8-6-5-7-9-19/h5-13,18H,4,14-17H2,1-3H3,(H,28,33)(H,29,35)/t27-/m0/s1. The summed E-state index contributed by atoms with van der Waals surface area (Å²) in [7, 11) is 1.59. The van der Waals surface area contributed by atoms with Gasteiger partial charge in [-0.2, -0.15) is 0 Å². The van der Waals surface area contributed by atoms with Crippen molar-refractivity contribution in [2.45, 2.75) is 45.4 Å². The zero-order valence-corrected chi connectivity index (χ0v) is 20.8. The Labute approximate surface area is 210 Å². The van der Waals surface area contributed by atoms with Crippen LogP contribution in [0.25, 0.3) is 0 Å². The number of rotatable bonds is 9. The maximum absolute atomic E-state index is 13.6. The summed E-state index contributed by atoms with van der Waals surface area (Å²) < 4.78 is 6.77. The molecule has 0 saturated heterocycles. The van der Waals surface area contributed by atoms with E-state index in [1.54, 1.807) is 23.5 Å². The van der Waals surface area contributed by atoms with Gasteiger partial charge in [0.15, 0.2) is 5.69 Å². The molecule has 9 nitrogen and oxygen atoms in total. The Bertz CT molecular complexity index is 1240. The van der Waals surface area contributed by atoms with Gasteiger partial charge >= 0.3 is 0 Å². The normalized spacial score (nSPS) is 16.9. The molecule has 3 aromatic rings. The number of hydrogen-bond donors (Lipinski definition) is 2. The van der Waals surface area contributed by atoms with E-state index in [0.717, 1.165) is 16.9 Å². The number of nitrogens with one attached hydrogen (secondary N) is 2. The summed E-state index contributed by atoms with van der Waals surface area (Å²) in [4.78, 5) is 45.8. The van der Waals surface area contributed by atoms with Gasteiger partial charge in [-0.05, 0) is 36.6 Å². The van der Waals surface area contributed by atoms with Crippen molar-refractivity contribution in [3.05, 3.63) is 83.4 Å². The molecule has 0 unspecified atom stereocenters. The second-order valence-electron chi connectivity index (χ2n) is 9.00. The van der Waals surface area contributed by atoms with Gasteiger partial charge in [-0.1, -0.05) is 49.4 Å². The molecule has 36 heavy (non-hydrogen) atoms. The summed E-state index contributed by atoms with van der Waals surface area (Å²) in [5.74, 6) is -0.349. The van der Waals surface area contributed by atoms with E-state index in [0.29, 0.717) is 19.5 Å². The minimum atomic E-state index is -1.12. The van der Waals surface area contributed by atoms with Gasteiger partial charge in [-0.3, -0.25) is 14.4 Å². The molecule has 1 atom stereocenters. The molecule has 9 heteroatoms. The van der Waals surface area contributed by atoms with Crippen molar-refractivity contribution >= 4 is 17.7 Å². The summed E-state index contributed by atoms with van der Waals surface area (Å²) in [5, 5.41) is 5.80. The first kappa shape index (κ1) is 25.0. The molecule has 2 aromatic carbocycles. The highest BCUT2D eigenvalue weighted by molar-refractivity contribution is 6.07. The number of hydrogen-bond acceptors (Lipinski definition) is 5. The second kappa shape index (κ2) is 10.6. The number of carbonyl (C=O) groups is 3. The highest BCUT2D eigenvalue weighted by Gasteiger charge is 2.48. The lowest BCUT2D eigenvalue weighted by molar-refractivity contribution is -0.133. The van der Waals surface area contributed by atoms with Crippen LogP contribution in [0.4, 0.5) is 0 Å². The van der Waals surface area contributed by atoms with Crippen molar-refractivity contribution in [2.24, 2.45) is 0 Å². The molecule has 1 aromatic heterocycles. The molecule has 0 aliphatic carbocycles. The summed E-state index contributed by atoms with van der Waals surface area (Å²) in [6.07, 6.45) is 2.13. The van der Waals surface area contributed by atoms with Gasteiger partial charge in [0.2, 0.25) is 5.91 Å². The van der Waals surface area contributed by atoms with Crippen molar-refractivity contribution in [1.82, 2.24) is 25.1 Å². The number of nitrogens with zero attached hydrogens (tertiary/aromatic N) is 3. The van der Waals surface area contributed by atoms with Crippen LogP contribution in [0.5, 0.6) is 5.75 Å². The molecule has 1 aliphatic heterocycles. The third-order valence-corrected chi connectivity index (χ3v) is 6.42. The fourth-order valence-electron chi connectivity index (χ4n) is 4.41. The lowest BCUT2D eigenvalue weighted by atomic mass is 9.94. The number of amides is 3. The lowest BCUT2D eigenvalue weighted by Gasteiger charge is -2.43. The monoisotopic (exact) mass is 489 g/mol. The quantitative estimate of drug-likeness (QED) is 0.481. The molecule has 0 bridgehead atoms.